The van der Waals surface area contributed by atoms with E-state index in [-0.39, 0.29) is 11.8 Å². The minimum absolute atomic E-state index is 0.0990. The van der Waals surface area contributed by atoms with Crippen molar-refractivity contribution < 1.29 is 14.4 Å². The van der Waals surface area contributed by atoms with Gasteiger partial charge in [0, 0.05) is 37.3 Å². The highest BCUT2D eigenvalue weighted by atomic mass is 32.2. The second kappa shape index (κ2) is 10.7. The standard InChI is InChI=1S/C19H26N6O3S/c1-2-25-18(28)14(29-19(25)15(21)16(22)26)11-24-13-7-5-6-12(10-13)17(27)23-9-4-3-8-20/h5-7,10,14-15,19,24H,2-4,9,11,21H2,1H3,(H2,22,26)(H,23,27)/t14-,15-,19?/m1/s1. The van der Waals surface area contributed by atoms with Crippen LogP contribution < -0.4 is 22.1 Å². The summed E-state index contributed by atoms with van der Waals surface area (Å²) in [5, 5.41) is 13.6. The highest BCUT2D eigenvalue weighted by molar-refractivity contribution is 8.01. The molecular formula is C19H26N6O3S. The molecule has 1 aliphatic rings. The van der Waals surface area contributed by atoms with Crippen molar-refractivity contribution in [3.8, 4) is 6.07 Å². The summed E-state index contributed by atoms with van der Waals surface area (Å²) in [6, 6.07) is 8.06. The number of nitrogens with zero attached hydrogens (tertiary/aromatic N) is 2. The molecule has 1 heterocycles. The van der Waals surface area contributed by atoms with Crippen molar-refractivity contribution in [1.82, 2.24) is 10.2 Å². The molecule has 0 spiro atoms. The lowest BCUT2D eigenvalue weighted by Crippen LogP contribution is -2.51. The molecule has 0 bridgehead atoms. The van der Waals surface area contributed by atoms with Gasteiger partial charge in [-0.1, -0.05) is 6.07 Å². The number of unbranched alkanes of at least 4 members (excludes halogenated alkanes) is 1. The Balaban J connectivity index is 1.96. The largest absolute Gasteiger partial charge is 0.383 e. The Morgan fingerprint density at radius 3 is 2.83 bits per heavy atom. The highest BCUT2D eigenvalue weighted by Crippen LogP contribution is 2.33. The predicted octanol–water partition coefficient (Wildman–Crippen LogP) is 0.235. The summed E-state index contributed by atoms with van der Waals surface area (Å²) in [6.45, 7) is 3.03. The first-order valence-electron chi connectivity index (χ1n) is 9.39. The molecule has 2 rings (SSSR count). The van der Waals surface area contributed by atoms with Crippen molar-refractivity contribution in [1.29, 1.82) is 5.26 Å². The summed E-state index contributed by atoms with van der Waals surface area (Å²) in [4.78, 5) is 37.8. The van der Waals surface area contributed by atoms with Crippen LogP contribution in [0.15, 0.2) is 24.3 Å². The van der Waals surface area contributed by atoms with E-state index in [1.165, 1.54) is 11.8 Å². The number of likely N-dealkylation sites (N-methyl/N-ethyl adjacent to an activating group) is 1. The van der Waals surface area contributed by atoms with E-state index in [4.69, 9.17) is 16.7 Å². The molecular weight excluding hydrogens is 392 g/mol. The van der Waals surface area contributed by atoms with Gasteiger partial charge in [-0.15, -0.1) is 11.8 Å². The average Bonchev–Trinajstić information content (AvgIpc) is 3.04. The third-order valence-corrected chi connectivity index (χ3v) is 6.04. The Kier molecular flexibility index (Phi) is 8.30. The Labute approximate surface area is 174 Å². The molecule has 29 heavy (non-hydrogen) atoms. The molecule has 0 saturated carbocycles. The predicted molar refractivity (Wildman–Crippen MR) is 112 cm³/mol. The van der Waals surface area contributed by atoms with E-state index in [0.717, 1.165) is 0 Å². The van der Waals surface area contributed by atoms with E-state index in [0.29, 0.717) is 43.7 Å². The fourth-order valence-corrected chi connectivity index (χ4v) is 4.42. The van der Waals surface area contributed by atoms with Crippen LogP contribution in [-0.4, -0.2) is 58.9 Å². The van der Waals surface area contributed by atoms with Crippen LogP contribution in [0.3, 0.4) is 0 Å². The van der Waals surface area contributed by atoms with Crippen LogP contribution in [0, 0.1) is 11.3 Å². The number of hydrogen-bond donors (Lipinski definition) is 4. The van der Waals surface area contributed by atoms with Crippen molar-refractivity contribution in [3.63, 3.8) is 0 Å². The normalized spacial score (nSPS) is 19.5. The number of nitriles is 1. The number of carbonyl (C=O) groups is 3. The van der Waals surface area contributed by atoms with E-state index in [9.17, 15) is 14.4 Å². The number of carbonyl (C=O) groups excluding carboxylic acids is 3. The number of nitrogens with two attached hydrogens (primary N) is 2. The minimum Gasteiger partial charge on any atom is -0.383 e. The molecule has 3 atom stereocenters. The molecule has 0 aromatic heterocycles. The van der Waals surface area contributed by atoms with Crippen LogP contribution in [0.5, 0.6) is 0 Å². The number of amides is 3. The Bertz CT molecular complexity index is 796. The van der Waals surface area contributed by atoms with Gasteiger partial charge in [0.25, 0.3) is 5.91 Å². The summed E-state index contributed by atoms with van der Waals surface area (Å²) < 4.78 is 0. The molecule has 6 N–H and O–H groups in total. The number of primary amides is 1. The topological polar surface area (TPSA) is 154 Å². The average molecular weight is 419 g/mol. The lowest BCUT2D eigenvalue weighted by atomic mass is 10.2. The summed E-state index contributed by atoms with van der Waals surface area (Å²) in [5.74, 6) is -0.962. The van der Waals surface area contributed by atoms with Crippen molar-refractivity contribution >= 4 is 35.2 Å². The monoisotopic (exact) mass is 418 g/mol. The van der Waals surface area contributed by atoms with E-state index >= 15 is 0 Å². The number of hydrogen-bond acceptors (Lipinski definition) is 7. The molecule has 1 aromatic rings. The number of anilines is 1. The van der Waals surface area contributed by atoms with Crippen molar-refractivity contribution in [2.75, 3.05) is 25.0 Å². The molecule has 1 aromatic carbocycles. The Morgan fingerprint density at radius 2 is 2.17 bits per heavy atom. The summed E-state index contributed by atoms with van der Waals surface area (Å²) in [5.41, 5.74) is 12.3. The fourth-order valence-electron chi connectivity index (χ4n) is 2.95. The Hall–Kier alpha value is -2.77. The van der Waals surface area contributed by atoms with Gasteiger partial charge in [-0.05, 0) is 31.5 Å². The van der Waals surface area contributed by atoms with Gasteiger partial charge in [0.15, 0.2) is 0 Å². The number of benzene rings is 1. The molecule has 1 unspecified atom stereocenters. The summed E-state index contributed by atoms with van der Waals surface area (Å²) in [7, 11) is 0. The lowest BCUT2D eigenvalue weighted by Gasteiger charge is -2.25. The van der Waals surface area contributed by atoms with Gasteiger partial charge in [0.05, 0.1) is 6.07 Å². The van der Waals surface area contributed by atoms with Crippen LogP contribution in [0.2, 0.25) is 0 Å². The first kappa shape index (κ1) is 22.5. The molecule has 156 valence electrons. The van der Waals surface area contributed by atoms with Gasteiger partial charge in [0.2, 0.25) is 11.8 Å². The zero-order valence-electron chi connectivity index (χ0n) is 16.3. The molecule has 1 aliphatic heterocycles. The van der Waals surface area contributed by atoms with Gasteiger partial charge in [-0.2, -0.15) is 5.26 Å². The molecule has 0 radical (unpaired) electrons. The van der Waals surface area contributed by atoms with Crippen LogP contribution >= 0.6 is 11.8 Å². The number of nitrogens with one attached hydrogen (secondary N) is 2. The van der Waals surface area contributed by atoms with Crippen molar-refractivity contribution in [2.45, 2.75) is 36.4 Å². The van der Waals surface area contributed by atoms with Gasteiger partial charge in [0.1, 0.15) is 16.7 Å². The fraction of sp³-hybridized carbons (Fsp3) is 0.474. The van der Waals surface area contributed by atoms with Gasteiger partial charge in [-0.25, -0.2) is 0 Å². The summed E-state index contributed by atoms with van der Waals surface area (Å²) >= 11 is 1.32. The maximum absolute atomic E-state index is 12.6. The quantitative estimate of drug-likeness (QED) is 0.397. The zero-order chi connectivity index (χ0) is 21.4. The van der Waals surface area contributed by atoms with E-state index in [1.54, 1.807) is 29.2 Å². The SMILES string of the molecule is CCN1C(=O)[C@@H](CNc2cccc(C(=O)NCCCC#N)c2)SC1[C@H](N)C(N)=O. The van der Waals surface area contributed by atoms with E-state index < -0.39 is 22.6 Å². The van der Waals surface area contributed by atoms with Crippen LogP contribution in [0.25, 0.3) is 0 Å². The molecule has 0 aliphatic carbocycles. The third-order valence-electron chi connectivity index (χ3n) is 4.51. The Morgan fingerprint density at radius 1 is 1.41 bits per heavy atom. The smallest absolute Gasteiger partial charge is 0.251 e. The van der Waals surface area contributed by atoms with Gasteiger partial charge in [-0.3, -0.25) is 14.4 Å². The van der Waals surface area contributed by atoms with E-state index in [2.05, 4.69) is 10.6 Å². The molecule has 1 fully saturated rings. The molecule has 10 heteroatoms. The summed E-state index contributed by atoms with van der Waals surface area (Å²) in [6.07, 6.45) is 0.994. The third kappa shape index (κ3) is 5.85. The second-order valence-electron chi connectivity index (χ2n) is 6.55. The van der Waals surface area contributed by atoms with Crippen LogP contribution in [0.4, 0.5) is 5.69 Å². The van der Waals surface area contributed by atoms with Crippen molar-refractivity contribution in [2.24, 2.45) is 11.5 Å². The second-order valence-corrected chi connectivity index (χ2v) is 7.87. The van der Waals surface area contributed by atoms with Crippen molar-refractivity contribution in [3.05, 3.63) is 29.8 Å². The number of rotatable bonds is 10. The maximum Gasteiger partial charge on any atom is 0.251 e. The van der Waals surface area contributed by atoms with Crippen LogP contribution in [0.1, 0.15) is 30.1 Å². The van der Waals surface area contributed by atoms with E-state index in [1.807, 2.05) is 13.0 Å². The zero-order valence-corrected chi connectivity index (χ0v) is 17.1. The molecule has 3 amide bonds. The van der Waals surface area contributed by atoms with Gasteiger partial charge >= 0.3 is 0 Å². The number of thioether (sulfide) groups is 1. The van der Waals surface area contributed by atoms with Gasteiger partial charge < -0.3 is 27.0 Å². The first-order chi connectivity index (χ1) is 13.9. The minimum atomic E-state index is -0.929. The molecule has 1 saturated heterocycles. The van der Waals surface area contributed by atoms with Crippen LogP contribution in [-0.2, 0) is 9.59 Å². The maximum atomic E-state index is 12.6. The highest BCUT2D eigenvalue weighted by Gasteiger charge is 2.43. The lowest BCUT2D eigenvalue weighted by molar-refractivity contribution is -0.130. The molecule has 9 nitrogen and oxygen atoms in total. The first-order valence-corrected chi connectivity index (χ1v) is 10.3.